The molecule has 7 nitrogen and oxygen atoms in total. The van der Waals surface area contributed by atoms with Crippen molar-refractivity contribution >= 4 is 5.91 Å². The molecule has 2 aromatic carbocycles. The van der Waals surface area contributed by atoms with E-state index in [1.54, 1.807) is 12.0 Å². The Balaban J connectivity index is 1.41. The van der Waals surface area contributed by atoms with Crippen molar-refractivity contribution in [1.82, 2.24) is 15.0 Å². The quantitative estimate of drug-likeness (QED) is 0.678. The molecule has 28 heavy (non-hydrogen) atoms. The number of hydrogen-bond donors (Lipinski definition) is 0. The van der Waals surface area contributed by atoms with E-state index in [1.807, 2.05) is 54.6 Å². The summed E-state index contributed by atoms with van der Waals surface area (Å²) in [6.07, 6.45) is -0.0622. The molecule has 0 N–H and O–H groups in total. The fraction of sp³-hybridized carbons (Fsp3) is 0.286. The second kappa shape index (κ2) is 8.22. The molecule has 1 saturated heterocycles. The first-order chi connectivity index (χ1) is 13.7. The minimum absolute atomic E-state index is 0.0465. The summed E-state index contributed by atoms with van der Waals surface area (Å²) >= 11 is 0. The van der Waals surface area contributed by atoms with Crippen LogP contribution < -0.4 is 4.74 Å². The van der Waals surface area contributed by atoms with Gasteiger partial charge in [0.05, 0.1) is 26.7 Å². The highest BCUT2D eigenvalue weighted by molar-refractivity contribution is 5.79. The van der Waals surface area contributed by atoms with Crippen LogP contribution in [0.2, 0.25) is 0 Å². The highest BCUT2D eigenvalue weighted by Crippen LogP contribution is 2.24. The maximum absolute atomic E-state index is 12.7. The van der Waals surface area contributed by atoms with Crippen molar-refractivity contribution in [3.05, 3.63) is 66.0 Å². The molecule has 144 valence electrons. The van der Waals surface area contributed by atoms with Crippen LogP contribution in [0.1, 0.15) is 17.5 Å². The van der Waals surface area contributed by atoms with Crippen molar-refractivity contribution < 1.29 is 18.8 Å². The van der Waals surface area contributed by atoms with Gasteiger partial charge in [-0.05, 0) is 29.8 Å². The predicted octanol–water partition coefficient (Wildman–Crippen LogP) is 2.89. The summed E-state index contributed by atoms with van der Waals surface area (Å²) in [4.78, 5) is 18.9. The van der Waals surface area contributed by atoms with Crippen molar-refractivity contribution in [2.24, 2.45) is 0 Å². The van der Waals surface area contributed by atoms with Crippen molar-refractivity contribution in [1.29, 1.82) is 0 Å². The van der Waals surface area contributed by atoms with E-state index in [9.17, 15) is 4.79 Å². The number of rotatable bonds is 5. The first-order valence-electron chi connectivity index (χ1n) is 9.14. The average molecular weight is 379 g/mol. The van der Waals surface area contributed by atoms with Crippen LogP contribution in [0.15, 0.2) is 59.1 Å². The molecule has 2 heterocycles. The maximum Gasteiger partial charge on any atom is 0.258 e. The molecule has 1 aliphatic heterocycles. The van der Waals surface area contributed by atoms with Gasteiger partial charge in [-0.3, -0.25) is 4.79 Å². The molecule has 0 saturated carbocycles. The average Bonchev–Trinajstić information content (AvgIpc) is 3.25. The Labute approximate surface area is 162 Å². The largest absolute Gasteiger partial charge is 0.497 e. The second-order valence-electron chi connectivity index (χ2n) is 6.55. The number of methoxy groups -OCH3 is 1. The number of morpholine rings is 1. The van der Waals surface area contributed by atoms with Crippen LogP contribution >= 0.6 is 0 Å². The Morgan fingerprint density at radius 2 is 1.96 bits per heavy atom. The summed E-state index contributed by atoms with van der Waals surface area (Å²) in [5.41, 5.74) is 1.80. The lowest BCUT2D eigenvalue weighted by molar-refractivity contribution is -0.138. The molecule has 1 fully saturated rings. The predicted molar refractivity (Wildman–Crippen MR) is 102 cm³/mol. The number of aromatic nitrogens is 2. The van der Waals surface area contributed by atoms with Gasteiger partial charge in [0.15, 0.2) is 0 Å². The minimum atomic E-state index is -0.394. The van der Waals surface area contributed by atoms with Crippen molar-refractivity contribution in [3.8, 4) is 17.2 Å². The van der Waals surface area contributed by atoms with Gasteiger partial charge in [0.1, 0.15) is 11.9 Å². The molecule has 3 aromatic rings. The number of carbonyl (C=O) groups is 1. The van der Waals surface area contributed by atoms with Gasteiger partial charge < -0.3 is 18.9 Å². The zero-order valence-electron chi connectivity index (χ0n) is 15.6. The van der Waals surface area contributed by atoms with E-state index in [1.165, 1.54) is 0 Å². The Hall–Kier alpha value is -3.19. The number of carbonyl (C=O) groups excluding carboxylic acids is 1. The number of nitrogens with zero attached hydrogens (tertiary/aromatic N) is 3. The summed E-state index contributed by atoms with van der Waals surface area (Å²) < 4.78 is 16.3. The van der Waals surface area contributed by atoms with E-state index in [-0.39, 0.29) is 5.91 Å². The molecule has 7 heteroatoms. The Morgan fingerprint density at radius 1 is 1.18 bits per heavy atom. The molecule has 1 aliphatic rings. The van der Waals surface area contributed by atoms with Gasteiger partial charge >= 0.3 is 0 Å². The molecule has 1 aromatic heterocycles. The molecule has 0 spiro atoms. The van der Waals surface area contributed by atoms with Crippen LogP contribution in [-0.2, 0) is 16.0 Å². The van der Waals surface area contributed by atoms with E-state index >= 15 is 0 Å². The maximum atomic E-state index is 12.7. The SMILES string of the molecule is COc1ccc(CC(=O)N2CCO[C@H](c3noc(-c4ccccc4)n3)C2)cc1. The van der Waals surface area contributed by atoms with Gasteiger partial charge in [-0.1, -0.05) is 35.5 Å². The highest BCUT2D eigenvalue weighted by atomic mass is 16.5. The number of benzene rings is 2. The van der Waals surface area contributed by atoms with E-state index in [0.29, 0.717) is 37.8 Å². The van der Waals surface area contributed by atoms with E-state index in [4.69, 9.17) is 14.0 Å². The van der Waals surface area contributed by atoms with E-state index in [2.05, 4.69) is 10.1 Å². The molecule has 0 unspecified atom stereocenters. The number of hydrogen-bond acceptors (Lipinski definition) is 6. The van der Waals surface area contributed by atoms with Gasteiger partial charge in [0, 0.05) is 12.1 Å². The molecule has 1 amide bonds. The normalized spacial score (nSPS) is 16.8. The number of ether oxygens (including phenoxy) is 2. The third-order valence-corrected chi connectivity index (χ3v) is 4.68. The lowest BCUT2D eigenvalue weighted by atomic mass is 10.1. The van der Waals surface area contributed by atoms with Crippen molar-refractivity contribution in [2.45, 2.75) is 12.5 Å². The van der Waals surface area contributed by atoms with Gasteiger partial charge in [0.2, 0.25) is 11.7 Å². The Morgan fingerprint density at radius 3 is 2.71 bits per heavy atom. The monoisotopic (exact) mass is 379 g/mol. The minimum Gasteiger partial charge on any atom is -0.497 e. The van der Waals surface area contributed by atoms with Crippen LogP contribution in [0.25, 0.3) is 11.5 Å². The van der Waals surface area contributed by atoms with Gasteiger partial charge in [-0.15, -0.1) is 0 Å². The van der Waals surface area contributed by atoms with E-state index in [0.717, 1.165) is 16.9 Å². The lowest BCUT2D eigenvalue weighted by Gasteiger charge is -2.31. The van der Waals surface area contributed by atoms with Crippen molar-refractivity contribution in [3.63, 3.8) is 0 Å². The Bertz CT molecular complexity index is 924. The summed E-state index contributed by atoms with van der Waals surface area (Å²) in [5, 5.41) is 4.05. The molecule has 1 atom stereocenters. The third kappa shape index (κ3) is 4.04. The second-order valence-corrected chi connectivity index (χ2v) is 6.55. The van der Waals surface area contributed by atoms with Crippen LogP contribution in [0.3, 0.4) is 0 Å². The molecule has 0 radical (unpaired) electrons. The topological polar surface area (TPSA) is 77.7 Å². The first-order valence-corrected chi connectivity index (χ1v) is 9.14. The van der Waals surface area contributed by atoms with Crippen LogP contribution in [0.4, 0.5) is 0 Å². The van der Waals surface area contributed by atoms with Crippen LogP contribution in [-0.4, -0.2) is 47.8 Å². The third-order valence-electron chi connectivity index (χ3n) is 4.68. The van der Waals surface area contributed by atoms with Crippen LogP contribution in [0, 0.1) is 0 Å². The molecule has 4 rings (SSSR count). The molecular weight excluding hydrogens is 358 g/mol. The molecular formula is C21H21N3O4. The van der Waals surface area contributed by atoms with Gasteiger partial charge in [-0.25, -0.2) is 0 Å². The smallest absolute Gasteiger partial charge is 0.258 e. The van der Waals surface area contributed by atoms with Crippen molar-refractivity contribution in [2.75, 3.05) is 26.8 Å². The highest BCUT2D eigenvalue weighted by Gasteiger charge is 2.29. The molecule has 0 bridgehead atoms. The zero-order chi connectivity index (χ0) is 19.3. The summed E-state index contributed by atoms with van der Waals surface area (Å²) in [6.45, 7) is 1.39. The Kier molecular flexibility index (Phi) is 5.34. The fourth-order valence-corrected chi connectivity index (χ4v) is 3.13. The number of amides is 1. The van der Waals surface area contributed by atoms with Gasteiger partial charge in [0.25, 0.3) is 5.89 Å². The van der Waals surface area contributed by atoms with Crippen LogP contribution in [0.5, 0.6) is 5.75 Å². The summed E-state index contributed by atoms with van der Waals surface area (Å²) in [7, 11) is 1.62. The summed E-state index contributed by atoms with van der Waals surface area (Å²) in [6, 6.07) is 17.1. The molecule has 0 aliphatic carbocycles. The van der Waals surface area contributed by atoms with E-state index < -0.39 is 6.10 Å². The van der Waals surface area contributed by atoms with Gasteiger partial charge in [-0.2, -0.15) is 4.98 Å². The first kappa shape index (κ1) is 18.2. The summed E-state index contributed by atoms with van der Waals surface area (Å²) in [5.74, 6) is 1.72. The fourth-order valence-electron chi connectivity index (χ4n) is 3.13. The standard InChI is InChI=1S/C21H21N3O4/c1-26-17-9-7-15(8-10-17)13-19(25)24-11-12-27-18(14-24)20-22-21(28-23-20)16-5-3-2-4-6-16/h2-10,18H,11-14H2,1H3/t18-/m0/s1. The zero-order valence-corrected chi connectivity index (χ0v) is 15.6. The lowest BCUT2D eigenvalue weighted by Crippen LogP contribution is -2.43.